The van der Waals surface area contributed by atoms with E-state index in [1.807, 2.05) is 26.2 Å². The van der Waals surface area contributed by atoms with Gasteiger partial charge in [-0.15, -0.1) is 0 Å². The van der Waals surface area contributed by atoms with Gasteiger partial charge in [-0.1, -0.05) is 12.2 Å². The van der Waals surface area contributed by atoms with Gasteiger partial charge < -0.3 is 15.4 Å². The Morgan fingerprint density at radius 3 is 3.00 bits per heavy atom. The molecular weight excluding hydrogens is 200 g/mol. The Hall–Kier alpha value is -1.48. The minimum Gasteiger partial charge on any atom is -0.492 e. The summed E-state index contributed by atoms with van der Waals surface area (Å²) in [6, 6.07) is 3.97. The Labute approximate surface area is 96.5 Å². The quantitative estimate of drug-likeness (QED) is 0.786. The molecule has 0 saturated heterocycles. The zero-order valence-electron chi connectivity index (χ0n) is 9.86. The summed E-state index contributed by atoms with van der Waals surface area (Å²) in [5, 5.41) is 0. The molecule has 86 valence electrons. The van der Waals surface area contributed by atoms with Gasteiger partial charge in [-0.05, 0) is 26.2 Å². The maximum atomic E-state index is 5.86. The fourth-order valence-electron chi connectivity index (χ4n) is 1.88. The highest BCUT2D eigenvalue weighted by molar-refractivity contribution is 5.66. The van der Waals surface area contributed by atoms with E-state index in [4.69, 9.17) is 10.5 Å². The van der Waals surface area contributed by atoms with E-state index in [1.165, 1.54) is 5.56 Å². The van der Waals surface area contributed by atoms with Crippen molar-refractivity contribution in [2.75, 3.05) is 33.0 Å². The molecule has 1 aromatic rings. The third kappa shape index (κ3) is 2.36. The SMILES string of the molecule is CN(C)C/C=C/c1cc(N)cc2c1OCC2. The van der Waals surface area contributed by atoms with Crippen LogP contribution in [0.25, 0.3) is 6.08 Å². The number of hydrogen-bond donors (Lipinski definition) is 1. The van der Waals surface area contributed by atoms with Crippen molar-refractivity contribution in [1.82, 2.24) is 4.90 Å². The molecule has 2 rings (SSSR count). The van der Waals surface area contributed by atoms with Gasteiger partial charge in [-0.3, -0.25) is 0 Å². The van der Waals surface area contributed by atoms with Crippen LogP contribution in [0.3, 0.4) is 0 Å². The topological polar surface area (TPSA) is 38.5 Å². The van der Waals surface area contributed by atoms with Gasteiger partial charge in [0.1, 0.15) is 5.75 Å². The Morgan fingerprint density at radius 2 is 2.25 bits per heavy atom. The molecule has 3 nitrogen and oxygen atoms in total. The van der Waals surface area contributed by atoms with Gasteiger partial charge in [0.05, 0.1) is 6.61 Å². The molecule has 2 N–H and O–H groups in total. The van der Waals surface area contributed by atoms with E-state index >= 15 is 0 Å². The molecule has 0 fully saturated rings. The number of nitrogens with two attached hydrogens (primary N) is 1. The van der Waals surface area contributed by atoms with E-state index in [9.17, 15) is 0 Å². The van der Waals surface area contributed by atoms with Gasteiger partial charge in [0.25, 0.3) is 0 Å². The maximum Gasteiger partial charge on any atom is 0.129 e. The van der Waals surface area contributed by atoms with Gasteiger partial charge in [-0.25, -0.2) is 0 Å². The summed E-state index contributed by atoms with van der Waals surface area (Å²) in [5.41, 5.74) is 9.00. The monoisotopic (exact) mass is 218 g/mol. The summed E-state index contributed by atoms with van der Waals surface area (Å²) < 4.78 is 5.62. The second-order valence-corrected chi connectivity index (χ2v) is 4.36. The van der Waals surface area contributed by atoms with Crippen LogP contribution in [0.1, 0.15) is 11.1 Å². The molecule has 16 heavy (non-hydrogen) atoms. The number of anilines is 1. The molecule has 0 saturated carbocycles. The molecule has 3 heteroatoms. The maximum absolute atomic E-state index is 5.86. The van der Waals surface area contributed by atoms with Crippen LogP contribution in [0.5, 0.6) is 5.75 Å². The minimum absolute atomic E-state index is 0.771. The summed E-state index contributed by atoms with van der Waals surface area (Å²) in [5.74, 6) is 1.00. The zero-order chi connectivity index (χ0) is 11.5. The molecule has 0 amide bonds. The summed E-state index contributed by atoms with van der Waals surface area (Å²) in [6.07, 6.45) is 5.17. The molecule has 0 radical (unpaired) electrons. The number of ether oxygens (including phenoxy) is 1. The van der Waals surface area contributed by atoms with Gasteiger partial charge in [0.2, 0.25) is 0 Å². The van der Waals surface area contributed by atoms with Crippen molar-refractivity contribution in [1.29, 1.82) is 0 Å². The van der Waals surface area contributed by atoms with Gasteiger partial charge in [0.15, 0.2) is 0 Å². The van der Waals surface area contributed by atoms with E-state index < -0.39 is 0 Å². The second-order valence-electron chi connectivity index (χ2n) is 4.36. The number of nitrogen functional groups attached to an aromatic ring is 1. The van der Waals surface area contributed by atoms with E-state index in [-0.39, 0.29) is 0 Å². The first-order valence-corrected chi connectivity index (χ1v) is 5.53. The van der Waals surface area contributed by atoms with Crippen LogP contribution >= 0.6 is 0 Å². The van der Waals surface area contributed by atoms with Crippen LogP contribution in [0.4, 0.5) is 5.69 Å². The third-order valence-corrected chi connectivity index (χ3v) is 2.60. The molecule has 0 bridgehead atoms. The van der Waals surface area contributed by atoms with Crippen molar-refractivity contribution in [3.63, 3.8) is 0 Å². The van der Waals surface area contributed by atoms with Crippen molar-refractivity contribution in [2.24, 2.45) is 0 Å². The van der Waals surface area contributed by atoms with Crippen LogP contribution < -0.4 is 10.5 Å². The van der Waals surface area contributed by atoms with E-state index in [1.54, 1.807) is 0 Å². The molecular formula is C13H18N2O. The molecule has 0 atom stereocenters. The largest absolute Gasteiger partial charge is 0.492 e. The lowest BCUT2D eigenvalue weighted by Gasteiger charge is -2.07. The van der Waals surface area contributed by atoms with Crippen LogP contribution in [-0.4, -0.2) is 32.1 Å². The normalized spacial score (nSPS) is 14.4. The predicted molar refractivity (Wildman–Crippen MR) is 67.6 cm³/mol. The highest BCUT2D eigenvalue weighted by Gasteiger charge is 2.15. The first kappa shape index (κ1) is 11.0. The van der Waals surface area contributed by atoms with Crippen molar-refractivity contribution in [3.8, 4) is 5.75 Å². The average molecular weight is 218 g/mol. The minimum atomic E-state index is 0.771. The zero-order valence-corrected chi connectivity index (χ0v) is 9.86. The molecule has 1 aliphatic heterocycles. The third-order valence-electron chi connectivity index (χ3n) is 2.60. The second kappa shape index (κ2) is 4.58. The summed E-state index contributed by atoms with van der Waals surface area (Å²) in [4.78, 5) is 2.11. The lowest BCUT2D eigenvalue weighted by Crippen LogP contribution is -2.10. The first-order valence-electron chi connectivity index (χ1n) is 5.53. The van der Waals surface area contributed by atoms with Crippen molar-refractivity contribution >= 4 is 11.8 Å². The molecule has 1 aliphatic rings. The van der Waals surface area contributed by atoms with Crippen LogP contribution in [-0.2, 0) is 6.42 Å². The molecule has 0 unspecified atom stereocenters. The summed E-state index contributed by atoms with van der Waals surface area (Å²) in [6.45, 7) is 1.69. The standard InChI is InChI=1S/C13H18N2O/c1-15(2)6-3-4-10-8-12(14)9-11-5-7-16-13(10)11/h3-4,8-9H,5-7,14H2,1-2H3/b4-3+. The molecule has 1 aromatic carbocycles. The Balaban J connectivity index is 2.23. The van der Waals surface area contributed by atoms with Gasteiger partial charge in [0, 0.05) is 29.8 Å². The fraction of sp³-hybridized carbons (Fsp3) is 0.385. The van der Waals surface area contributed by atoms with Gasteiger partial charge in [-0.2, -0.15) is 0 Å². The number of hydrogen-bond acceptors (Lipinski definition) is 3. The van der Waals surface area contributed by atoms with E-state index in [2.05, 4.69) is 17.1 Å². The Kier molecular flexibility index (Phi) is 3.15. The number of nitrogens with zero attached hydrogens (tertiary/aromatic N) is 1. The Morgan fingerprint density at radius 1 is 1.44 bits per heavy atom. The predicted octanol–water partition coefficient (Wildman–Crippen LogP) is 1.78. The number of likely N-dealkylation sites (N-methyl/N-ethyl adjacent to an activating group) is 1. The van der Waals surface area contributed by atoms with Crippen molar-refractivity contribution in [2.45, 2.75) is 6.42 Å². The number of rotatable bonds is 3. The molecule has 0 spiro atoms. The molecule has 0 aliphatic carbocycles. The molecule has 0 aromatic heterocycles. The number of benzene rings is 1. The highest BCUT2D eigenvalue weighted by atomic mass is 16.5. The Bertz CT molecular complexity index is 411. The summed E-state index contributed by atoms with van der Waals surface area (Å²) in [7, 11) is 4.09. The average Bonchev–Trinajstić information content (AvgIpc) is 2.64. The lowest BCUT2D eigenvalue weighted by atomic mass is 10.1. The van der Waals surface area contributed by atoms with Crippen molar-refractivity contribution in [3.05, 3.63) is 29.3 Å². The fourth-order valence-corrected chi connectivity index (χ4v) is 1.88. The van der Waals surface area contributed by atoms with E-state index in [0.717, 1.165) is 36.6 Å². The highest BCUT2D eigenvalue weighted by Crippen LogP contribution is 2.32. The number of fused-ring (bicyclic) bond motifs is 1. The van der Waals surface area contributed by atoms with E-state index in [0.29, 0.717) is 0 Å². The lowest BCUT2D eigenvalue weighted by molar-refractivity contribution is 0.356. The van der Waals surface area contributed by atoms with Gasteiger partial charge >= 0.3 is 0 Å². The summed E-state index contributed by atoms with van der Waals surface area (Å²) >= 11 is 0. The first-order chi connectivity index (χ1) is 7.66. The van der Waals surface area contributed by atoms with Crippen LogP contribution in [0, 0.1) is 0 Å². The van der Waals surface area contributed by atoms with Crippen molar-refractivity contribution < 1.29 is 4.74 Å². The smallest absolute Gasteiger partial charge is 0.129 e. The molecule has 1 heterocycles. The van der Waals surface area contributed by atoms with Crippen LogP contribution in [0.2, 0.25) is 0 Å². The van der Waals surface area contributed by atoms with Crippen LogP contribution in [0.15, 0.2) is 18.2 Å².